The number of hydrogen-bond donors (Lipinski definition) is 1. The number of thiophene rings is 1. The molecule has 0 unspecified atom stereocenters. The quantitative estimate of drug-likeness (QED) is 0.522. The number of amides is 1. The molecule has 4 nitrogen and oxygen atoms in total. The molecule has 0 radical (unpaired) electrons. The molecule has 0 saturated heterocycles. The average Bonchev–Trinajstić information content (AvgIpc) is 3.04. The summed E-state index contributed by atoms with van der Waals surface area (Å²) >= 11 is 13.2. The smallest absolute Gasteiger partial charge is 0.350 e. The summed E-state index contributed by atoms with van der Waals surface area (Å²) in [6.45, 7) is 1.83. The number of anilines is 1. The van der Waals surface area contributed by atoms with E-state index in [-0.39, 0.29) is 5.91 Å². The summed E-state index contributed by atoms with van der Waals surface area (Å²) in [6.07, 6.45) is 0. The highest BCUT2D eigenvalue weighted by Gasteiger charge is 2.19. The van der Waals surface area contributed by atoms with Crippen molar-refractivity contribution in [1.82, 2.24) is 0 Å². The molecule has 3 aromatic rings. The summed E-state index contributed by atoms with van der Waals surface area (Å²) < 4.78 is 4.76. The molecule has 0 aliphatic heterocycles. The number of methoxy groups -OCH3 is 1. The molecule has 3 rings (SSSR count). The van der Waals surface area contributed by atoms with E-state index in [0.29, 0.717) is 26.2 Å². The van der Waals surface area contributed by atoms with Crippen LogP contribution in [-0.4, -0.2) is 19.0 Å². The normalized spacial score (nSPS) is 10.5. The van der Waals surface area contributed by atoms with E-state index in [1.165, 1.54) is 18.4 Å². The monoisotopic (exact) mass is 419 g/mol. The fourth-order valence-electron chi connectivity index (χ4n) is 2.52. The Bertz CT molecular complexity index is 1010. The second-order valence-corrected chi connectivity index (χ2v) is 7.47. The predicted molar refractivity (Wildman–Crippen MR) is 110 cm³/mol. The third kappa shape index (κ3) is 4.16. The van der Waals surface area contributed by atoms with E-state index in [4.69, 9.17) is 27.9 Å². The van der Waals surface area contributed by atoms with Gasteiger partial charge < -0.3 is 10.1 Å². The van der Waals surface area contributed by atoms with Gasteiger partial charge in [-0.1, -0.05) is 41.4 Å². The van der Waals surface area contributed by atoms with Crippen LogP contribution in [0.5, 0.6) is 0 Å². The van der Waals surface area contributed by atoms with Crippen LogP contribution in [0.15, 0.2) is 47.8 Å². The summed E-state index contributed by atoms with van der Waals surface area (Å²) in [4.78, 5) is 24.8. The SMILES string of the molecule is COC(=O)c1scc(C)c1NC(=O)c1ccc(-c2ccc(Cl)c(Cl)c2)cc1. The second-order valence-electron chi connectivity index (χ2n) is 5.77. The van der Waals surface area contributed by atoms with Gasteiger partial charge in [-0.2, -0.15) is 0 Å². The van der Waals surface area contributed by atoms with Crippen molar-refractivity contribution < 1.29 is 14.3 Å². The lowest BCUT2D eigenvalue weighted by Crippen LogP contribution is -2.14. The van der Waals surface area contributed by atoms with Crippen LogP contribution in [0.1, 0.15) is 25.6 Å². The zero-order valence-electron chi connectivity index (χ0n) is 14.5. The molecule has 2 aromatic carbocycles. The van der Waals surface area contributed by atoms with Crippen molar-refractivity contribution in [2.75, 3.05) is 12.4 Å². The van der Waals surface area contributed by atoms with E-state index in [9.17, 15) is 9.59 Å². The Kier molecular flexibility index (Phi) is 5.85. The van der Waals surface area contributed by atoms with Gasteiger partial charge in [0.2, 0.25) is 0 Å². The van der Waals surface area contributed by atoms with Crippen LogP contribution in [0, 0.1) is 6.92 Å². The van der Waals surface area contributed by atoms with Crippen molar-refractivity contribution >= 4 is 52.1 Å². The number of hydrogen-bond acceptors (Lipinski definition) is 4. The van der Waals surface area contributed by atoms with Crippen LogP contribution in [0.4, 0.5) is 5.69 Å². The number of aryl methyl sites for hydroxylation is 1. The molecule has 0 atom stereocenters. The molecule has 0 spiro atoms. The van der Waals surface area contributed by atoms with Crippen LogP contribution in [-0.2, 0) is 4.74 Å². The maximum absolute atomic E-state index is 12.6. The van der Waals surface area contributed by atoms with Gasteiger partial charge in [0.15, 0.2) is 0 Å². The van der Waals surface area contributed by atoms with Gasteiger partial charge in [-0.15, -0.1) is 11.3 Å². The molecule has 0 bridgehead atoms. The third-order valence-corrected chi connectivity index (χ3v) is 5.80. The van der Waals surface area contributed by atoms with Gasteiger partial charge in [0.05, 0.1) is 22.8 Å². The molecule has 138 valence electrons. The molecule has 0 fully saturated rings. The number of halogens is 2. The molecule has 1 amide bonds. The first-order valence-corrected chi connectivity index (χ1v) is 9.57. The molecular formula is C20H15Cl2NO3S. The maximum Gasteiger partial charge on any atom is 0.350 e. The Balaban J connectivity index is 1.82. The molecule has 1 aromatic heterocycles. The first-order valence-electron chi connectivity index (χ1n) is 7.94. The number of carbonyl (C=O) groups is 2. The Labute approximate surface area is 170 Å². The highest BCUT2D eigenvalue weighted by Crippen LogP contribution is 2.30. The number of benzene rings is 2. The van der Waals surface area contributed by atoms with Crippen LogP contribution >= 0.6 is 34.5 Å². The lowest BCUT2D eigenvalue weighted by molar-refractivity contribution is 0.0607. The van der Waals surface area contributed by atoms with Crippen molar-refractivity contribution in [2.45, 2.75) is 6.92 Å². The van der Waals surface area contributed by atoms with E-state index in [1.807, 2.05) is 25.1 Å². The van der Waals surface area contributed by atoms with Gasteiger partial charge in [0.1, 0.15) is 4.88 Å². The summed E-state index contributed by atoms with van der Waals surface area (Å²) in [7, 11) is 1.31. The lowest BCUT2D eigenvalue weighted by Gasteiger charge is -2.09. The van der Waals surface area contributed by atoms with Crippen molar-refractivity contribution in [2.24, 2.45) is 0 Å². The number of rotatable bonds is 4. The number of ether oxygens (including phenoxy) is 1. The molecule has 1 heterocycles. The van der Waals surface area contributed by atoms with Crippen LogP contribution in [0.25, 0.3) is 11.1 Å². The maximum atomic E-state index is 12.6. The van der Waals surface area contributed by atoms with Gasteiger partial charge in [-0.25, -0.2) is 4.79 Å². The highest BCUT2D eigenvalue weighted by molar-refractivity contribution is 7.12. The van der Waals surface area contributed by atoms with Crippen LogP contribution in [0.3, 0.4) is 0 Å². The van der Waals surface area contributed by atoms with E-state index in [1.54, 1.807) is 29.6 Å². The Morgan fingerprint density at radius 1 is 1.00 bits per heavy atom. The Morgan fingerprint density at radius 3 is 2.30 bits per heavy atom. The number of nitrogens with one attached hydrogen (secondary N) is 1. The van der Waals surface area contributed by atoms with Gasteiger partial charge in [-0.05, 0) is 53.3 Å². The van der Waals surface area contributed by atoms with E-state index in [2.05, 4.69) is 5.32 Å². The lowest BCUT2D eigenvalue weighted by atomic mass is 10.0. The Hall–Kier alpha value is -2.34. The molecule has 27 heavy (non-hydrogen) atoms. The topological polar surface area (TPSA) is 55.4 Å². The fraction of sp³-hybridized carbons (Fsp3) is 0.100. The minimum absolute atomic E-state index is 0.303. The Morgan fingerprint density at radius 2 is 1.67 bits per heavy atom. The minimum atomic E-state index is -0.474. The van der Waals surface area contributed by atoms with Gasteiger partial charge in [-0.3, -0.25) is 4.79 Å². The minimum Gasteiger partial charge on any atom is -0.465 e. The standard InChI is InChI=1S/C20H15Cl2NO3S/c1-11-10-27-18(20(25)26-2)17(11)23-19(24)13-5-3-12(4-6-13)14-7-8-15(21)16(22)9-14/h3-10H,1-2H3,(H,23,24). The molecule has 0 aliphatic carbocycles. The summed E-state index contributed by atoms with van der Waals surface area (Å²) in [5.74, 6) is -0.777. The highest BCUT2D eigenvalue weighted by atomic mass is 35.5. The van der Waals surface area contributed by atoms with Gasteiger partial charge in [0.25, 0.3) is 5.91 Å². The van der Waals surface area contributed by atoms with E-state index < -0.39 is 5.97 Å². The molecular weight excluding hydrogens is 405 g/mol. The molecule has 0 saturated carbocycles. The zero-order chi connectivity index (χ0) is 19.6. The zero-order valence-corrected chi connectivity index (χ0v) is 16.8. The molecule has 1 N–H and O–H groups in total. The number of carbonyl (C=O) groups excluding carboxylic acids is 2. The first-order chi connectivity index (χ1) is 12.9. The first kappa shape index (κ1) is 19.4. The predicted octanol–water partition coefficient (Wildman–Crippen LogP) is 6.07. The third-order valence-electron chi connectivity index (χ3n) is 3.98. The molecule has 0 aliphatic rings. The fourth-order valence-corrected chi connectivity index (χ4v) is 3.74. The summed E-state index contributed by atoms with van der Waals surface area (Å²) in [5, 5.41) is 5.56. The summed E-state index contributed by atoms with van der Waals surface area (Å²) in [6, 6.07) is 12.5. The van der Waals surface area contributed by atoms with E-state index in [0.717, 1.165) is 16.7 Å². The second kappa shape index (κ2) is 8.13. The van der Waals surface area contributed by atoms with Gasteiger partial charge in [0, 0.05) is 5.56 Å². The van der Waals surface area contributed by atoms with Crippen molar-refractivity contribution in [1.29, 1.82) is 0 Å². The average molecular weight is 420 g/mol. The van der Waals surface area contributed by atoms with E-state index >= 15 is 0 Å². The van der Waals surface area contributed by atoms with Crippen molar-refractivity contribution in [3.63, 3.8) is 0 Å². The van der Waals surface area contributed by atoms with Crippen molar-refractivity contribution in [3.8, 4) is 11.1 Å². The largest absolute Gasteiger partial charge is 0.465 e. The van der Waals surface area contributed by atoms with Crippen LogP contribution in [0.2, 0.25) is 10.0 Å². The molecule has 7 heteroatoms. The van der Waals surface area contributed by atoms with Crippen LogP contribution < -0.4 is 5.32 Å². The van der Waals surface area contributed by atoms with Crippen molar-refractivity contribution in [3.05, 3.63) is 73.9 Å². The van der Waals surface area contributed by atoms with Gasteiger partial charge >= 0.3 is 5.97 Å². The summed E-state index contributed by atoms with van der Waals surface area (Å²) in [5.41, 5.74) is 3.57. The number of esters is 1.